The van der Waals surface area contributed by atoms with E-state index in [1.54, 1.807) is 31.4 Å². The van der Waals surface area contributed by atoms with Crippen LogP contribution in [0.5, 0.6) is 5.75 Å². The van der Waals surface area contributed by atoms with Gasteiger partial charge >= 0.3 is 0 Å². The summed E-state index contributed by atoms with van der Waals surface area (Å²) in [6, 6.07) is 16.2. The van der Waals surface area contributed by atoms with Crippen LogP contribution in [0.4, 0.5) is 0 Å². The number of benzene rings is 2. The number of amides is 1. The molecule has 0 saturated carbocycles. The highest BCUT2D eigenvalue weighted by Crippen LogP contribution is 2.26. The zero-order valence-electron chi connectivity index (χ0n) is 16.4. The second-order valence-corrected chi connectivity index (χ2v) is 7.21. The summed E-state index contributed by atoms with van der Waals surface area (Å²) < 4.78 is 10.9. The third-order valence-electron chi connectivity index (χ3n) is 5.40. The number of carbonyl (C=O) groups is 1. The van der Waals surface area contributed by atoms with Gasteiger partial charge in [0.05, 0.1) is 18.5 Å². The molecule has 6 nitrogen and oxygen atoms in total. The molecule has 4 rings (SSSR count). The summed E-state index contributed by atoms with van der Waals surface area (Å²) in [5.74, 6) is 0.449. The Morgan fingerprint density at radius 2 is 1.86 bits per heavy atom. The number of hydrogen-bond acceptors (Lipinski definition) is 5. The first-order valence-electron chi connectivity index (χ1n) is 9.85. The average molecular weight is 392 g/mol. The molecule has 0 aliphatic carbocycles. The fourth-order valence-corrected chi connectivity index (χ4v) is 3.83. The second-order valence-electron chi connectivity index (χ2n) is 7.21. The Morgan fingerprint density at radius 1 is 1.14 bits per heavy atom. The summed E-state index contributed by atoms with van der Waals surface area (Å²) in [6.45, 7) is 2.43. The van der Waals surface area contributed by atoms with Crippen LogP contribution in [0.15, 0.2) is 63.8 Å². The SMILES string of the molecule is COc1ccc([C@@H](CNC(=O)c2cc(=O)c3ccccc3o2)N2CCCC2)cc1. The number of methoxy groups -OCH3 is 1. The molecule has 1 amide bonds. The zero-order chi connectivity index (χ0) is 20.2. The van der Waals surface area contributed by atoms with E-state index in [0.717, 1.165) is 37.2 Å². The van der Waals surface area contributed by atoms with Crippen LogP contribution in [0.3, 0.4) is 0 Å². The third-order valence-corrected chi connectivity index (χ3v) is 5.40. The van der Waals surface area contributed by atoms with Crippen LogP contribution < -0.4 is 15.5 Å². The van der Waals surface area contributed by atoms with E-state index in [2.05, 4.69) is 10.2 Å². The Morgan fingerprint density at radius 3 is 2.59 bits per heavy atom. The molecule has 1 saturated heterocycles. The van der Waals surface area contributed by atoms with Crippen molar-refractivity contribution in [3.8, 4) is 5.75 Å². The zero-order valence-corrected chi connectivity index (χ0v) is 16.4. The van der Waals surface area contributed by atoms with E-state index < -0.39 is 0 Å². The summed E-state index contributed by atoms with van der Waals surface area (Å²) in [5, 5.41) is 3.42. The van der Waals surface area contributed by atoms with Gasteiger partial charge in [0.25, 0.3) is 5.91 Å². The predicted molar refractivity (Wildman–Crippen MR) is 111 cm³/mol. The quantitative estimate of drug-likeness (QED) is 0.696. The van der Waals surface area contributed by atoms with Gasteiger partial charge in [-0.15, -0.1) is 0 Å². The first kappa shape index (κ1) is 19.2. The van der Waals surface area contributed by atoms with Crippen LogP contribution in [-0.2, 0) is 0 Å². The number of fused-ring (bicyclic) bond motifs is 1. The highest BCUT2D eigenvalue weighted by molar-refractivity contribution is 5.93. The molecule has 2 aromatic carbocycles. The van der Waals surface area contributed by atoms with Gasteiger partial charge in [-0.3, -0.25) is 14.5 Å². The molecule has 2 heterocycles. The highest BCUT2D eigenvalue weighted by atomic mass is 16.5. The Balaban J connectivity index is 1.53. The highest BCUT2D eigenvalue weighted by Gasteiger charge is 2.24. The lowest BCUT2D eigenvalue weighted by Crippen LogP contribution is -2.37. The van der Waals surface area contributed by atoms with Crippen LogP contribution in [0, 0.1) is 0 Å². The van der Waals surface area contributed by atoms with E-state index in [1.165, 1.54) is 6.07 Å². The molecule has 0 spiro atoms. The topological polar surface area (TPSA) is 71.8 Å². The van der Waals surface area contributed by atoms with Crippen molar-refractivity contribution < 1.29 is 13.9 Å². The fourth-order valence-electron chi connectivity index (χ4n) is 3.83. The Bertz CT molecular complexity index is 1050. The maximum Gasteiger partial charge on any atom is 0.287 e. The molecule has 1 atom stereocenters. The van der Waals surface area contributed by atoms with Gasteiger partial charge in [-0.1, -0.05) is 24.3 Å². The molecular weight excluding hydrogens is 368 g/mol. The van der Waals surface area contributed by atoms with Crippen molar-refractivity contribution in [2.45, 2.75) is 18.9 Å². The van der Waals surface area contributed by atoms with Crippen LogP contribution in [0.25, 0.3) is 11.0 Å². The molecule has 0 radical (unpaired) electrons. The monoisotopic (exact) mass is 392 g/mol. The number of nitrogens with one attached hydrogen (secondary N) is 1. The maximum atomic E-state index is 12.7. The van der Waals surface area contributed by atoms with E-state index in [-0.39, 0.29) is 23.1 Å². The van der Waals surface area contributed by atoms with Gasteiger partial charge in [-0.05, 0) is 55.8 Å². The van der Waals surface area contributed by atoms with Crippen molar-refractivity contribution in [1.82, 2.24) is 10.2 Å². The van der Waals surface area contributed by atoms with E-state index >= 15 is 0 Å². The molecule has 6 heteroatoms. The van der Waals surface area contributed by atoms with Gasteiger partial charge in [0.1, 0.15) is 11.3 Å². The molecular formula is C23H24N2O4. The summed E-state index contributed by atoms with van der Waals surface area (Å²) in [4.78, 5) is 27.4. The van der Waals surface area contributed by atoms with E-state index in [4.69, 9.17) is 9.15 Å². The number of carbonyl (C=O) groups excluding carboxylic acids is 1. The number of rotatable bonds is 6. The number of nitrogens with zero attached hydrogens (tertiary/aromatic N) is 1. The van der Waals surface area contributed by atoms with Crippen molar-refractivity contribution in [3.63, 3.8) is 0 Å². The van der Waals surface area contributed by atoms with E-state index in [0.29, 0.717) is 17.5 Å². The normalized spacial score (nSPS) is 15.3. The first-order valence-corrected chi connectivity index (χ1v) is 9.85. The molecule has 1 aromatic heterocycles. The maximum absolute atomic E-state index is 12.7. The third kappa shape index (κ3) is 4.17. The van der Waals surface area contributed by atoms with Crippen LogP contribution in [0.2, 0.25) is 0 Å². The van der Waals surface area contributed by atoms with E-state index in [1.807, 2.05) is 24.3 Å². The molecule has 1 aliphatic heterocycles. The number of para-hydroxylation sites is 1. The lowest BCUT2D eigenvalue weighted by Gasteiger charge is -2.28. The van der Waals surface area contributed by atoms with Gasteiger partial charge in [-0.25, -0.2) is 0 Å². The van der Waals surface area contributed by atoms with Crippen molar-refractivity contribution in [1.29, 1.82) is 0 Å². The summed E-state index contributed by atoms with van der Waals surface area (Å²) in [6.07, 6.45) is 2.31. The van der Waals surface area contributed by atoms with Crippen molar-refractivity contribution in [2.24, 2.45) is 0 Å². The van der Waals surface area contributed by atoms with Crippen LogP contribution >= 0.6 is 0 Å². The first-order chi connectivity index (χ1) is 14.2. The Labute approximate surface area is 169 Å². The van der Waals surface area contributed by atoms with Gasteiger partial charge in [-0.2, -0.15) is 0 Å². The number of hydrogen-bond donors (Lipinski definition) is 1. The van der Waals surface area contributed by atoms with Crippen molar-refractivity contribution >= 4 is 16.9 Å². The molecule has 0 bridgehead atoms. The lowest BCUT2D eigenvalue weighted by molar-refractivity contribution is 0.0910. The summed E-state index contributed by atoms with van der Waals surface area (Å²) in [7, 11) is 1.64. The molecule has 1 N–H and O–H groups in total. The molecule has 0 unspecified atom stereocenters. The minimum Gasteiger partial charge on any atom is -0.497 e. The van der Waals surface area contributed by atoms with Gasteiger partial charge in [0, 0.05) is 12.6 Å². The number of likely N-dealkylation sites (tertiary alicyclic amines) is 1. The fraction of sp³-hybridized carbons (Fsp3) is 0.304. The minimum absolute atomic E-state index is 0.0311. The largest absolute Gasteiger partial charge is 0.497 e. The Hall–Kier alpha value is -3.12. The number of ether oxygens (including phenoxy) is 1. The van der Waals surface area contributed by atoms with Crippen LogP contribution in [-0.4, -0.2) is 37.6 Å². The molecule has 150 valence electrons. The van der Waals surface area contributed by atoms with E-state index in [9.17, 15) is 9.59 Å². The standard InChI is InChI=1S/C23H24N2O4/c1-28-17-10-8-16(9-11-17)19(25-12-4-5-13-25)15-24-23(27)22-14-20(26)18-6-2-3-7-21(18)29-22/h2-3,6-11,14,19H,4-5,12-13,15H2,1H3,(H,24,27)/t19-/m1/s1. The van der Waals surface area contributed by atoms with Gasteiger partial charge in [0.2, 0.25) is 0 Å². The van der Waals surface area contributed by atoms with Crippen molar-refractivity contribution in [2.75, 3.05) is 26.7 Å². The Kier molecular flexibility index (Phi) is 5.62. The second kappa shape index (κ2) is 8.49. The average Bonchev–Trinajstić information content (AvgIpc) is 3.29. The molecule has 1 aliphatic rings. The molecule has 29 heavy (non-hydrogen) atoms. The molecule has 1 fully saturated rings. The van der Waals surface area contributed by atoms with Gasteiger partial charge in [0.15, 0.2) is 11.2 Å². The van der Waals surface area contributed by atoms with Crippen LogP contribution in [0.1, 0.15) is 35.0 Å². The minimum atomic E-state index is -0.384. The van der Waals surface area contributed by atoms with Gasteiger partial charge < -0.3 is 14.5 Å². The summed E-state index contributed by atoms with van der Waals surface area (Å²) in [5.41, 5.74) is 1.31. The smallest absolute Gasteiger partial charge is 0.287 e. The van der Waals surface area contributed by atoms with Crippen molar-refractivity contribution in [3.05, 3.63) is 76.1 Å². The summed E-state index contributed by atoms with van der Waals surface area (Å²) >= 11 is 0. The predicted octanol–water partition coefficient (Wildman–Crippen LogP) is 3.37. The molecule has 3 aromatic rings. The lowest BCUT2D eigenvalue weighted by atomic mass is 10.1.